The number of hydrogen-bond donors (Lipinski definition) is 0. The minimum atomic E-state index is -3.87. The molecule has 1 aromatic rings. The van der Waals surface area contributed by atoms with Gasteiger partial charge in [-0.05, 0) is 38.5 Å². The second-order valence-electron chi connectivity index (χ2n) is 4.05. The SMILES string of the molecule is CCOC(=O)c1ccc([C@H](F)P(=O)(OCC)OCC)cc1. The van der Waals surface area contributed by atoms with Gasteiger partial charge in [0, 0.05) is 0 Å². The maximum absolute atomic E-state index is 14.4. The molecule has 0 amide bonds. The van der Waals surface area contributed by atoms with E-state index in [1.807, 2.05) is 0 Å². The van der Waals surface area contributed by atoms with Gasteiger partial charge in [-0.1, -0.05) is 12.1 Å². The van der Waals surface area contributed by atoms with Gasteiger partial charge in [0.05, 0.1) is 25.4 Å². The van der Waals surface area contributed by atoms with E-state index >= 15 is 0 Å². The summed E-state index contributed by atoms with van der Waals surface area (Å²) in [4.78, 5) is 11.5. The van der Waals surface area contributed by atoms with Gasteiger partial charge in [0.1, 0.15) is 0 Å². The van der Waals surface area contributed by atoms with Gasteiger partial charge < -0.3 is 13.8 Å². The van der Waals surface area contributed by atoms with Crippen LogP contribution in [0.15, 0.2) is 24.3 Å². The number of hydrogen-bond acceptors (Lipinski definition) is 5. The molecule has 0 aliphatic heterocycles. The Hall–Kier alpha value is -1.23. The Morgan fingerprint density at radius 1 is 1.10 bits per heavy atom. The van der Waals surface area contributed by atoms with Crippen LogP contribution in [0.25, 0.3) is 0 Å². The molecule has 21 heavy (non-hydrogen) atoms. The number of carbonyl (C=O) groups is 1. The molecule has 0 aliphatic carbocycles. The van der Waals surface area contributed by atoms with Crippen LogP contribution in [0.5, 0.6) is 0 Å². The number of benzene rings is 1. The Balaban J connectivity index is 2.94. The molecule has 1 aromatic carbocycles. The lowest BCUT2D eigenvalue weighted by Crippen LogP contribution is -2.06. The Kier molecular flexibility index (Phi) is 7.02. The summed E-state index contributed by atoms with van der Waals surface area (Å²) in [5.41, 5.74) is 0.434. The van der Waals surface area contributed by atoms with Gasteiger partial charge in [-0.3, -0.25) is 4.57 Å². The van der Waals surface area contributed by atoms with E-state index in [9.17, 15) is 13.8 Å². The van der Waals surface area contributed by atoms with Crippen LogP contribution in [-0.4, -0.2) is 25.8 Å². The largest absolute Gasteiger partial charge is 0.462 e. The third-order valence-electron chi connectivity index (χ3n) is 2.59. The predicted molar refractivity (Wildman–Crippen MR) is 77.1 cm³/mol. The lowest BCUT2D eigenvalue weighted by molar-refractivity contribution is 0.0526. The second kappa shape index (κ2) is 8.27. The van der Waals surface area contributed by atoms with Gasteiger partial charge in [-0.25, -0.2) is 9.18 Å². The van der Waals surface area contributed by atoms with Crippen LogP contribution in [-0.2, 0) is 18.3 Å². The van der Waals surface area contributed by atoms with Crippen molar-refractivity contribution in [2.45, 2.75) is 26.7 Å². The highest BCUT2D eigenvalue weighted by molar-refractivity contribution is 7.54. The Morgan fingerprint density at radius 3 is 2.05 bits per heavy atom. The summed E-state index contributed by atoms with van der Waals surface area (Å²) in [5, 5.41) is 0. The van der Waals surface area contributed by atoms with Crippen LogP contribution in [0.1, 0.15) is 42.6 Å². The van der Waals surface area contributed by atoms with E-state index in [2.05, 4.69) is 0 Å². The molecule has 0 heterocycles. The standard InChI is InChI=1S/C14H20FO5P/c1-4-18-14(16)12-9-7-11(8-10-12)13(15)21(17,19-5-2)20-6-3/h7-10,13H,4-6H2,1-3H3/t13-/m1/s1. The fourth-order valence-corrected chi connectivity index (χ4v) is 3.30. The van der Waals surface area contributed by atoms with Crippen molar-refractivity contribution in [3.8, 4) is 0 Å². The first kappa shape index (κ1) is 17.8. The molecule has 0 aromatic heterocycles. The second-order valence-corrected chi connectivity index (χ2v) is 6.10. The monoisotopic (exact) mass is 318 g/mol. The van der Waals surface area contributed by atoms with Crippen molar-refractivity contribution in [2.24, 2.45) is 0 Å². The lowest BCUT2D eigenvalue weighted by Gasteiger charge is -2.20. The summed E-state index contributed by atoms with van der Waals surface area (Å²) in [6, 6.07) is 5.59. The highest BCUT2D eigenvalue weighted by atomic mass is 31.2. The van der Waals surface area contributed by atoms with E-state index in [-0.39, 0.29) is 25.4 Å². The third-order valence-corrected chi connectivity index (χ3v) is 4.68. The molecular formula is C14H20FO5P. The molecule has 0 radical (unpaired) electrons. The van der Waals surface area contributed by atoms with Crippen LogP contribution < -0.4 is 0 Å². The lowest BCUT2D eigenvalue weighted by atomic mass is 10.1. The van der Waals surface area contributed by atoms with Gasteiger partial charge >= 0.3 is 13.6 Å². The van der Waals surface area contributed by atoms with Gasteiger partial charge in [0.15, 0.2) is 0 Å². The molecule has 0 saturated carbocycles. The topological polar surface area (TPSA) is 61.8 Å². The molecule has 0 unspecified atom stereocenters. The maximum atomic E-state index is 14.4. The zero-order chi connectivity index (χ0) is 15.9. The molecule has 0 saturated heterocycles. The average molecular weight is 318 g/mol. The number of alkyl halides is 1. The molecule has 118 valence electrons. The molecule has 0 fully saturated rings. The van der Waals surface area contributed by atoms with Crippen molar-refractivity contribution in [1.82, 2.24) is 0 Å². The van der Waals surface area contributed by atoms with Crippen molar-refractivity contribution in [3.63, 3.8) is 0 Å². The number of halogens is 1. The van der Waals surface area contributed by atoms with Crippen molar-refractivity contribution >= 4 is 13.6 Å². The van der Waals surface area contributed by atoms with E-state index in [0.717, 1.165) is 0 Å². The Morgan fingerprint density at radius 2 is 1.62 bits per heavy atom. The smallest absolute Gasteiger partial charge is 0.369 e. The third kappa shape index (κ3) is 4.63. The molecule has 1 atom stereocenters. The summed E-state index contributed by atoms with van der Waals surface area (Å²) in [6.45, 7) is 5.35. The fourth-order valence-electron chi connectivity index (χ4n) is 1.70. The Labute approximate surface area is 123 Å². The quantitative estimate of drug-likeness (QED) is 0.533. The van der Waals surface area contributed by atoms with Crippen LogP contribution in [0.3, 0.4) is 0 Å². The summed E-state index contributed by atoms with van der Waals surface area (Å²) >= 11 is 0. The summed E-state index contributed by atoms with van der Waals surface area (Å²) in [7, 11) is -3.87. The molecule has 0 N–H and O–H groups in total. The minimum Gasteiger partial charge on any atom is -0.462 e. The molecule has 0 spiro atoms. The van der Waals surface area contributed by atoms with Gasteiger partial charge in [-0.15, -0.1) is 0 Å². The van der Waals surface area contributed by atoms with E-state index in [4.69, 9.17) is 13.8 Å². The number of rotatable bonds is 8. The highest BCUT2D eigenvalue weighted by Crippen LogP contribution is 2.61. The average Bonchev–Trinajstić information content (AvgIpc) is 2.47. The minimum absolute atomic E-state index is 0.0820. The zero-order valence-corrected chi connectivity index (χ0v) is 13.3. The number of esters is 1. The van der Waals surface area contributed by atoms with Crippen LogP contribution >= 0.6 is 7.60 Å². The molecule has 5 nitrogen and oxygen atoms in total. The Bertz CT molecular complexity index is 493. The van der Waals surface area contributed by atoms with Crippen LogP contribution in [0, 0.1) is 0 Å². The first-order valence-corrected chi connectivity index (χ1v) is 8.39. The maximum Gasteiger partial charge on any atom is 0.369 e. The van der Waals surface area contributed by atoms with Gasteiger partial charge in [-0.2, -0.15) is 0 Å². The first-order chi connectivity index (χ1) is 9.98. The first-order valence-electron chi connectivity index (χ1n) is 6.78. The molecule has 0 bridgehead atoms. The van der Waals surface area contributed by atoms with E-state index in [1.165, 1.54) is 24.3 Å². The molecule has 1 rings (SSSR count). The van der Waals surface area contributed by atoms with Crippen LogP contribution in [0.4, 0.5) is 4.39 Å². The predicted octanol–water partition coefficient (Wildman–Crippen LogP) is 4.10. The normalized spacial score (nSPS) is 13.0. The molecule has 0 aliphatic rings. The summed E-state index contributed by atoms with van der Waals surface area (Å²) in [5.74, 6) is -2.38. The highest BCUT2D eigenvalue weighted by Gasteiger charge is 2.37. The fraction of sp³-hybridized carbons (Fsp3) is 0.500. The number of ether oxygens (including phenoxy) is 1. The molecule has 7 heteroatoms. The van der Waals surface area contributed by atoms with Crippen molar-refractivity contribution in [1.29, 1.82) is 0 Å². The van der Waals surface area contributed by atoms with E-state index < -0.39 is 19.5 Å². The zero-order valence-electron chi connectivity index (χ0n) is 12.4. The van der Waals surface area contributed by atoms with Crippen molar-refractivity contribution in [3.05, 3.63) is 35.4 Å². The van der Waals surface area contributed by atoms with Crippen molar-refractivity contribution in [2.75, 3.05) is 19.8 Å². The molecular weight excluding hydrogens is 298 g/mol. The number of carbonyl (C=O) groups excluding carboxylic acids is 1. The summed E-state index contributed by atoms with van der Waals surface area (Å²) in [6.07, 6.45) is 0. The summed E-state index contributed by atoms with van der Waals surface area (Å²) < 4.78 is 41.5. The van der Waals surface area contributed by atoms with E-state index in [1.54, 1.807) is 20.8 Å². The van der Waals surface area contributed by atoms with E-state index in [0.29, 0.717) is 5.56 Å². The van der Waals surface area contributed by atoms with Crippen molar-refractivity contribution < 1.29 is 27.5 Å². The van der Waals surface area contributed by atoms with Gasteiger partial charge in [0.2, 0.25) is 5.91 Å². The van der Waals surface area contributed by atoms with Gasteiger partial charge in [0.25, 0.3) is 0 Å². The van der Waals surface area contributed by atoms with Crippen LogP contribution in [0.2, 0.25) is 0 Å².